The molecule has 41 heavy (non-hydrogen) atoms. The molecule has 2 aliphatic rings. The smallest absolute Gasteiger partial charge is 0.243 e. The molecule has 4 heterocycles. The Morgan fingerprint density at radius 3 is 2.56 bits per heavy atom. The fourth-order valence-corrected chi connectivity index (χ4v) is 5.56. The van der Waals surface area contributed by atoms with Gasteiger partial charge in [0.25, 0.3) is 0 Å². The highest BCUT2D eigenvalue weighted by molar-refractivity contribution is 6.41. The van der Waals surface area contributed by atoms with E-state index in [0.717, 1.165) is 5.56 Å². The Labute approximate surface area is 246 Å². The Balaban J connectivity index is 1.52. The minimum absolute atomic E-state index is 0.181. The van der Waals surface area contributed by atoms with Crippen LogP contribution in [0.5, 0.6) is 11.5 Å². The average Bonchev–Trinajstić information content (AvgIpc) is 3.58. The van der Waals surface area contributed by atoms with Crippen molar-refractivity contribution in [2.24, 2.45) is 7.05 Å². The maximum atomic E-state index is 11.9. The molecule has 3 unspecified atom stereocenters. The van der Waals surface area contributed by atoms with Crippen LogP contribution in [0.2, 0.25) is 10.0 Å². The standard InChI is InChI=1S/C26H30Cl2N8O5/c1-5-20(37)31-16-12-41-13-17(16)32-25-29-8-15-11-35(23-21(27)18(39-3)6-19(40-4)22(23)28)26(38)36(24(15)33-25)10-14-7-30-34(2)9-14/h5-9,16-17,26,38H,1,10-13H2,2-4H3,(H,31,37)(H,29,32,33). The first-order chi connectivity index (χ1) is 19.7. The van der Waals surface area contributed by atoms with Gasteiger partial charge >= 0.3 is 0 Å². The number of aryl methyl sites for hydroxylation is 1. The SMILES string of the molecule is C=CC(=O)NC1COCC1Nc1ncc2c(n1)N(Cc1cnn(C)c1)C(O)N(c1c(Cl)c(OC)cc(OC)c1Cl)C2. The molecule has 0 spiro atoms. The zero-order valence-electron chi connectivity index (χ0n) is 22.7. The molecule has 0 bridgehead atoms. The summed E-state index contributed by atoms with van der Waals surface area (Å²) < 4.78 is 18.1. The van der Waals surface area contributed by atoms with Crippen molar-refractivity contribution in [3.8, 4) is 11.5 Å². The van der Waals surface area contributed by atoms with Gasteiger partial charge in [-0.2, -0.15) is 10.1 Å². The number of carbonyl (C=O) groups is 1. The van der Waals surface area contributed by atoms with Gasteiger partial charge in [0, 0.05) is 36.6 Å². The Morgan fingerprint density at radius 1 is 1.22 bits per heavy atom. The number of amides is 1. The van der Waals surface area contributed by atoms with Crippen LogP contribution in [0.3, 0.4) is 0 Å². The zero-order chi connectivity index (χ0) is 29.3. The van der Waals surface area contributed by atoms with Crippen molar-refractivity contribution in [1.82, 2.24) is 25.1 Å². The van der Waals surface area contributed by atoms with E-state index in [0.29, 0.717) is 47.7 Å². The van der Waals surface area contributed by atoms with Gasteiger partial charge in [0.05, 0.1) is 64.5 Å². The lowest BCUT2D eigenvalue weighted by Crippen LogP contribution is -2.52. The van der Waals surface area contributed by atoms with Crippen LogP contribution in [-0.4, -0.2) is 76.6 Å². The number of nitrogens with one attached hydrogen (secondary N) is 2. The molecular formula is C26H30Cl2N8O5. The van der Waals surface area contributed by atoms with Crippen molar-refractivity contribution in [1.29, 1.82) is 0 Å². The summed E-state index contributed by atoms with van der Waals surface area (Å²) in [4.78, 5) is 24.5. The Hall–Kier alpha value is -3.78. The summed E-state index contributed by atoms with van der Waals surface area (Å²) in [6.45, 7) is 4.64. The van der Waals surface area contributed by atoms with Crippen LogP contribution in [0.1, 0.15) is 11.1 Å². The molecular weight excluding hydrogens is 575 g/mol. The van der Waals surface area contributed by atoms with E-state index in [1.54, 1.807) is 32.9 Å². The summed E-state index contributed by atoms with van der Waals surface area (Å²) in [5.74, 6) is 1.20. The number of aromatic nitrogens is 4. The van der Waals surface area contributed by atoms with Crippen LogP contribution in [0.4, 0.5) is 17.5 Å². The number of nitrogens with zero attached hydrogens (tertiary/aromatic N) is 6. The monoisotopic (exact) mass is 604 g/mol. The fourth-order valence-electron chi connectivity index (χ4n) is 4.84. The van der Waals surface area contributed by atoms with E-state index in [9.17, 15) is 9.90 Å². The number of ether oxygens (including phenoxy) is 3. The first kappa shape index (κ1) is 28.7. The number of anilines is 3. The molecule has 218 valence electrons. The normalized spacial score (nSPS) is 20.0. The molecule has 15 heteroatoms. The molecule has 1 aromatic carbocycles. The predicted octanol–water partition coefficient (Wildman–Crippen LogP) is 2.32. The number of aliphatic hydroxyl groups is 1. The van der Waals surface area contributed by atoms with E-state index >= 15 is 0 Å². The average molecular weight is 605 g/mol. The third kappa shape index (κ3) is 5.71. The number of rotatable bonds is 9. The second-order valence-electron chi connectivity index (χ2n) is 9.53. The van der Waals surface area contributed by atoms with Crippen molar-refractivity contribution < 1.29 is 24.1 Å². The molecule has 13 nitrogen and oxygen atoms in total. The number of hydrogen-bond acceptors (Lipinski definition) is 11. The quantitative estimate of drug-likeness (QED) is 0.310. The molecule has 0 radical (unpaired) electrons. The van der Waals surface area contributed by atoms with E-state index in [4.69, 9.17) is 42.4 Å². The van der Waals surface area contributed by atoms with Crippen molar-refractivity contribution in [2.75, 3.05) is 42.5 Å². The van der Waals surface area contributed by atoms with Gasteiger partial charge in [-0.05, 0) is 6.08 Å². The highest BCUT2D eigenvalue weighted by atomic mass is 35.5. The Morgan fingerprint density at radius 2 is 1.93 bits per heavy atom. The molecule has 3 N–H and O–H groups in total. The molecule has 0 saturated carbocycles. The van der Waals surface area contributed by atoms with Gasteiger partial charge in [0.2, 0.25) is 18.2 Å². The van der Waals surface area contributed by atoms with Crippen LogP contribution in [0, 0.1) is 0 Å². The number of fused-ring (bicyclic) bond motifs is 1. The van der Waals surface area contributed by atoms with Crippen molar-refractivity contribution in [3.05, 3.63) is 58.5 Å². The van der Waals surface area contributed by atoms with Crippen molar-refractivity contribution >= 4 is 46.6 Å². The highest BCUT2D eigenvalue weighted by Gasteiger charge is 2.37. The van der Waals surface area contributed by atoms with E-state index in [1.165, 1.54) is 20.3 Å². The molecule has 0 aliphatic carbocycles. The molecule has 2 aliphatic heterocycles. The van der Waals surface area contributed by atoms with Gasteiger partial charge in [-0.3, -0.25) is 9.48 Å². The van der Waals surface area contributed by atoms with Gasteiger partial charge in [-0.15, -0.1) is 0 Å². The number of halogens is 2. The summed E-state index contributed by atoms with van der Waals surface area (Å²) in [5, 5.41) is 22.6. The maximum absolute atomic E-state index is 11.9. The van der Waals surface area contributed by atoms with E-state index in [1.807, 2.05) is 13.2 Å². The van der Waals surface area contributed by atoms with Gasteiger partial charge in [0.1, 0.15) is 27.4 Å². The molecule has 1 amide bonds. The van der Waals surface area contributed by atoms with Crippen LogP contribution in [0.25, 0.3) is 0 Å². The topological polar surface area (TPSA) is 139 Å². The van der Waals surface area contributed by atoms with Gasteiger partial charge in [-0.25, -0.2) is 4.98 Å². The lowest BCUT2D eigenvalue weighted by Gasteiger charge is -2.43. The predicted molar refractivity (Wildman–Crippen MR) is 154 cm³/mol. The second kappa shape index (κ2) is 12.0. The molecule has 3 atom stereocenters. The first-order valence-electron chi connectivity index (χ1n) is 12.7. The van der Waals surface area contributed by atoms with E-state index in [-0.39, 0.29) is 41.1 Å². The highest BCUT2D eigenvalue weighted by Crippen LogP contribution is 2.48. The number of hydrogen-bond donors (Lipinski definition) is 3. The fraction of sp³-hybridized carbons (Fsp3) is 0.385. The van der Waals surface area contributed by atoms with E-state index in [2.05, 4.69) is 27.3 Å². The van der Waals surface area contributed by atoms with Crippen LogP contribution >= 0.6 is 23.2 Å². The number of methoxy groups -OCH3 is 2. The third-order valence-corrected chi connectivity index (χ3v) is 7.60. The second-order valence-corrected chi connectivity index (χ2v) is 10.3. The van der Waals surface area contributed by atoms with Crippen LogP contribution in [0.15, 0.2) is 37.3 Å². The van der Waals surface area contributed by atoms with Crippen LogP contribution < -0.4 is 29.9 Å². The summed E-state index contributed by atoms with van der Waals surface area (Å²) in [5.41, 5.74) is 1.88. The number of aliphatic hydroxyl groups excluding tert-OH is 1. The minimum Gasteiger partial charge on any atom is -0.495 e. The number of benzene rings is 1. The molecule has 1 fully saturated rings. The Kier molecular flexibility index (Phi) is 8.40. The minimum atomic E-state index is -1.24. The summed E-state index contributed by atoms with van der Waals surface area (Å²) in [6.07, 6.45) is 5.20. The Bertz CT molecular complexity index is 1430. The van der Waals surface area contributed by atoms with Crippen LogP contribution in [-0.2, 0) is 29.7 Å². The van der Waals surface area contributed by atoms with Crippen molar-refractivity contribution in [3.63, 3.8) is 0 Å². The summed E-state index contributed by atoms with van der Waals surface area (Å²) in [6, 6.07) is 1.03. The maximum Gasteiger partial charge on any atom is 0.243 e. The summed E-state index contributed by atoms with van der Waals surface area (Å²) >= 11 is 13.4. The lowest BCUT2D eigenvalue weighted by atomic mass is 10.1. The lowest BCUT2D eigenvalue weighted by molar-refractivity contribution is -0.117. The third-order valence-electron chi connectivity index (χ3n) is 6.87. The van der Waals surface area contributed by atoms with Gasteiger partial charge in [0.15, 0.2) is 0 Å². The molecule has 1 saturated heterocycles. The molecule has 5 rings (SSSR count). The zero-order valence-corrected chi connectivity index (χ0v) is 24.2. The largest absolute Gasteiger partial charge is 0.495 e. The van der Waals surface area contributed by atoms with Gasteiger partial charge < -0.3 is 39.8 Å². The number of carbonyl (C=O) groups excluding carboxylic acids is 1. The first-order valence-corrected chi connectivity index (χ1v) is 13.4. The summed E-state index contributed by atoms with van der Waals surface area (Å²) in [7, 11) is 4.79. The van der Waals surface area contributed by atoms with Gasteiger partial charge in [-0.1, -0.05) is 29.8 Å². The molecule has 3 aromatic rings. The van der Waals surface area contributed by atoms with E-state index < -0.39 is 6.35 Å². The van der Waals surface area contributed by atoms with Crippen molar-refractivity contribution in [2.45, 2.75) is 31.5 Å². The molecule has 2 aromatic heterocycles.